The predicted molar refractivity (Wildman–Crippen MR) is 108 cm³/mol. The zero-order valence-electron chi connectivity index (χ0n) is 16.0. The quantitative estimate of drug-likeness (QED) is 0.660. The highest BCUT2D eigenvalue weighted by Gasteiger charge is 2.45. The summed E-state index contributed by atoms with van der Waals surface area (Å²) in [4.78, 5) is 13.7. The monoisotopic (exact) mass is 362 g/mol. The number of ether oxygens (including phenoxy) is 2. The van der Waals surface area contributed by atoms with Gasteiger partial charge in [0.2, 0.25) is 0 Å². The first-order chi connectivity index (χ1) is 13.2. The van der Waals surface area contributed by atoms with Gasteiger partial charge in [0.05, 0.1) is 20.1 Å². The predicted octanol–water partition coefficient (Wildman–Crippen LogP) is 5.65. The van der Waals surface area contributed by atoms with E-state index in [9.17, 15) is 4.79 Å². The van der Waals surface area contributed by atoms with E-state index in [0.717, 1.165) is 29.5 Å². The van der Waals surface area contributed by atoms with E-state index in [2.05, 4.69) is 12.2 Å². The maximum Gasteiger partial charge on any atom is 0.171 e. The van der Waals surface area contributed by atoms with Crippen molar-refractivity contribution in [2.24, 2.45) is 5.41 Å². The Labute approximate surface area is 161 Å². The topological polar surface area (TPSA) is 35.5 Å². The molecule has 0 N–H and O–H groups in total. The molecular formula is C24H26O3. The van der Waals surface area contributed by atoms with Crippen LogP contribution >= 0.6 is 0 Å². The minimum Gasteiger partial charge on any atom is -0.493 e. The van der Waals surface area contributed by atoms with Crippen molar-refractivity contribution in [3.63, 3.8) is 0 Å². The second-order valence-electron chi connectivity index (χ2n) is 7.63. The minimum absolute atomic E-state index is 0.0994. The number of carbonyl (C=O) groups is 1. The van der Waals surface area contributed by atoms with E-state index in [0.29, 0.717) is 11.5 Å². The summed E-state index contributed by atoms with van der Waals surface area (Å²) in [5.74, 6) is 1.41. The molecule has 2 aromatic carbocycles. The number of ketones is 1. The highest BCUT2D eigenvalue weighted by atomic mass is 16.5. The van der Waals surface area contributed by atoms with Crippen molar-refractivity contribution in [3.8, 4) is 11.5 Å². The van der Waals surface area contributed by atoms with E-state index in [1.54, 1.807) is 14.2 Å². The lowest BCUT2D eigenvalue weighted by molar-refractivity contribution is 0.0852. The molecule has 4 rings (SSSR count). The van der Waals surface area contributed by atoms with Gasteiger partial charge in [-0.2, -0.15) is 0 Å². The summed E-state index contributed by atoms with van der Waals surface area (Å²) in [6, 6.07) is 13.7. The minimum atomic E-state index is -0.181. The maximum absolute atomic E-state index is 13.7. The van der Waals surface area contributed by atoms with Gasteiger partial charge in [-0.1, -0.05) is 61.7 Å². The molecule has 27 heavy (non-hydrogen) atoms. The third-order valence-electron chi connectivity index (χ3n) is 6.17. The summed E-state index contributed by atoms with van der Waals surface area (Å²) in [5, 5.41) is 0. The number of allylic oxidation sites excluding steroid dienone is 1. The highest BCUT2D eigenvalue weighted by Crippen LogP contribution is 2.54. The molecule has 0 amide bonds. The van der Waals surface area contributed by atoms with Crippen molar-refractivity contribution in [3.05, 3.63) is 65.2 Å². The Balaban J connectivity index is 1.88. The number of hydrogen-bond donors (Lipinski definition) is 0. The lowest BCUT2D eigenvalue weighted by Gasteiger charge is -2.44. The molecule has 1 atom stereocenters. The number of hydrogen-bond acceptors (Lipinski definition) is 3. The number of benzene rings is 2. The summed E-state index contributed by atoms with van der Waals surface area (Å²) in [7, 11) is 3.29. The molecule has 0 saturated heterocycles. The normalized spacial score (nSPS) is 20.1. The maximum atomic E-state index is 13.7. The molecule has 140 valence electrons. The number of fused-ring (bicyclic) bond motifs is 1. The summed E-state index contributed by atoms with van der Waals surface area (Å²) < 4.78 is 11.0. The second-order valence-corrected chi connectivity index (χ2v) is 7.63. The van der Waals surface area contributed by atoms with Crippen molar-refractivity contribution in [2.45, 2.75) is 38.0 Å². The van der Waals surface area contributed by atoms with Crippen LogP contribution in [0.2, 0.25) is 0 Å². The number of rotatable bonds is 4. The van der Waals surface area contributed by atoms with Gasteiger partial charge in [0.1, 0.15) is 0 Å². The zero-order chi connectivity index (χ0) is 18.9. The fourth-order valence-electron chi connectivity index (χ4n) is 4.80. The zero-order valence-corrected chi connectivity index (χ0v) is 16.0. The summed E-state index contributed by atoms with van der Waals surface area (Å²) in [6.07, 6.45) is 10.2. The molecule has 2 aromatic rings. The number of methoxy groups -OCH3 is 2. The number of Topliss-reactive ketones (excluding diaryl/α,β-unsaturated/α-hetero) is 1. The molecule has 2 aliphatic carbocycles. The van der Waals surface area contributed by atoms with Gasteiger partial charge in [0, 0.05) is 11.0 Å². The van der Waals surface area contributed by atoms with Crippen LogP contribution in [0.4, 0.5) is 0 Å². The van der Waals surface area contributed by atoms with E-state index in [4.69, 9.17) is 9.47 Å². The fourth-order valence-corrected chi connectivity index (χ4v) is 4.80. The van der Waals surface area contributed by atoms with Crippen LogP contribution < -0.4 is 9.47 Å². The molecule has 1 fully saturated rings. The van der Waals surface area contributed by atoms with Crippen LogP contribution in [0.15, 0.2) is 48.5 Å². The molecule has 0 aliphatic heterocycles. The van der Waals surface area contributed by atoms with Crippen LogP contribution in [-0.4, -0.2) is 20.0 Å². The van der Waals surface area contributed by atoms with Gasteiger partial charge < -0.3 is 9.47 Å². The Hall–Kier alpha value is -2.55. The van der Waals surface area contributed by atoms with Crippen molar-refractivity contribution >= 4 is 11.9 Å². The van der Waals surface area contributed by atoms with E-state index < -0.39 is 0 Å². The van der Waals surface area contributed by atoms with Crippen LogP contribution in [-0.2, 0) is 0 Å². The van der Waals surface area contributed by atoms with Crippen molar-refractivity contribution in [1.29, 1.82) is 0 Å². The Morgan fingerprint density at radius 3 is 2.30 bits per heavy atom. The number of carbonyl (C=O) groups excluding carboxylic acids is 1. The second kappa shape index (κ2) is 7.22. The summed E-state index contributed by atoms with van der Waals surface area (Å²) in [5.41, 5.74) is 2.80. The Morgan fingerprint density at radius 1 is 0.963 bits per heavy atom. The molecule has 2 aliphatic rings. The molecular weight excluding hydrogens is 336 g/mol. The molecule has 1 spiro atoms. The van der Waals surface area contributed by atoms with Gasteiger partial charge in [0.25, 0.3) is 0 Å². The molecule has 1 saturated carbocycles. The molecule has 0 bridgehead atoms. The smallest absolute Gasteiger partial charge is 0.171 e. The lowest BCUT2D eigenvalue weighted by atomic mass is 9.59. The largest absolute Gasteiger partial charge is 0.493 e. The van der Waals surface area contributed by atoms with E-state index in [1.165, 1.54) is 19.3 Å². The molecule has 0 radical (unpaired) electrons. The van der Waals surface area contributed by atoms with Crippen LogP contribution in [0.1, 0.15) is 59.5 Å². The van der Waals surface area contributed by atoms with Gasteiger partial charge in [-0.3, -0.25) is 4.79 Å². The van der Waals surface area contributed by atoms with Gasteiger partial charge in [-0.15, -0.1) is 0 Å². The summed E-state index contributed by atoms with van der Waals surface area (Å²) in [6.45, 7) is 0. The first kappa shape index (κ1) is 17.8. The third kappa shape index (κ3) is 3.05. The van der Waals surface area contributed by atoms with Gasteiger partial charge >= 0.3 is 0 Å². The molecule has 3 heteroatoms. The highest BCUT2D eigenvalue weighted by molar-refractivity contribution is 6.03. The van der Waals surface area contributed by atoms with Gasteiger partial charge in [0.15, 0.2) is 17.3 Å². The first-order valence-corrected chi connectivity index (χ1v) is 9.73. The summed E-state index contributed by atoms with van der Waals surface area (Å²) >= 11 is 0. The van der Waals surface area contributed by atoms with E-state index >= 15 is 0 Å². The molecule has 0 aromatic heterocycles. The van der Waals surface area contributed by atoms with Crippen molar-refractivity contribution in [2.75, 3.05) is 14.2 Å². The first-order valence-electron chi connectivity index (χ1n) is 9.73. The van der Waals surface area contributed by atoms with Crippen molar-refractivity contribution < 1.29 is 14.3 Å². The van der Waals surface area contributed by atoms with Gasteiger partial charge in [-0.05, 0) is 36.1 Å². The standard InChI is InChI=1S/C24H26O3/c1-26-20-15-18-11-14-24(12-7-4-8-13-24)22(19(18)16-21(20)27-2)23(25)17-9-5-3-6-10-17/h3,5-6,9-11,14-16,22H,4,7-8,12-13H2,1-2H3. The molecule has 3 nitrogen and oxygen atoms in total. The van der Waals surface area contributed by atoms with Crippen LogP contribution in [0, 0.1) is 5.41 Å². The third-order valence-corrected chi connectivity index (χ3v) is 6.17. The Kier molecular flexibility index (Phi) is 4.77. The van der Waals surface area contributed by atoms with Crippen LogP contribution in [0.5, 0.6) is 11.5 Å². The molecule has 1 unspecified atom stereocenters. The average molecular weight is 362 g/mol. The Bertz CT molecular complexity index is 861. The average Bonchev–Trinajstić information content (AvgIpc) is 2.73. The fraction of sp³-hybridized carbons (Fsp3) is 0.375. The van der Waals surface area contributed by atoms with Gasteiger partial charge in [-0.25, -0.2) is 0 Å². The molecule has 0 heterocycles. The lowest BCUT2D eigenvalue weighted by Crippen LogP contribution is -2.36. The van der Waals surface area contributed by atoms with E-state index in [-0.39, 0.29) is 17.1 Å². The van der Waals surface area contributed by atoms with Crippen LogP contribution in [0.3, 0.4) is 0 Å². The van der Waals surface area contributed by atoms with Crippen molar-refractivity contribution in [1.82, 2.24) is 0 Å². The van der Waals surface area contributed by atoms with E-state index in [1.807, 2.05) is 42.5 Å². The Morgan fingerprint density at radius 2 is 1.63 bits per heavy atom. The SMILES string of the molecule is COc1cc2c(cc1OC)C(C(=O)c1ccccc1)C1(C=C2)CCCCC1. The van der Waals surface area contributed by atoms with Crippen LogP contribution in [0.25, 0.3) is 6.08 Å².